The minimum Gasteiger partial charge on any atom is -0.479 e. The van der Waals surface area contributed by atoms with Crippen molar-refractivity contribution in [1.82, 2.24) is 5.32 Å². The van der Waals surface area contributed by atoms with E-state index >= 15 is 0 Å². The van der Waals surface area contributed by atoms with Crippen molar-refractivity contribution in [2.24, 2.45) is 5.92 Å². The van der Waals surface area contributed by atoms with Gasteiger partial charge in [0.05, 0.1) is 6.10 Å². The molecule has 19 heavy (non-hydrogen) atoms. The highest BCUT2D eigenvalue weighted by atomic mass is 16.5. The SMILES string of the molecule is CC1OCCC1CNCc1cccc(OCC#N)c1. The Morgan fingerprint density at radius 3 is 3.16 bits per heavy atom. The van der Waals surface area contributed by atoms with Crippen LogP contribution in [0.1, 0.15) is 18.9 Å². The third-order valence-corrected chi connectivity index (χ3v) is 3.47. The van der Waals surface area contributed by atoms with Crippen LogP contribution in [0.5, 0.6) is 5.75 Å². The van der Waals surface area contributed by atoms with E-state index in [1.54, 1.807) is 0 Å². The third kappa shape index (κ3) is 4.23. The second-order valence-corrected chi connectivity index (χ2v) is 4.85. The molecule has 1 N–H and O–H groups in total. The molecule has 1 aliphatic rings. The number of nitrogens with one attached hydrogen (secondary N) is 1. The molecule has 0 spiro atoms. The van der Waals surface area contributed by atoms with Crippen molar-refractivity contribution in [2.75, 3.05) is 19.8 Å². The highest BCUT2D eigenvalue weighted by Gasteiger charge is 2.23. The summed E-state index contributed by atoms with van der Waals surface area (Å²) in [5.41, 5.74) is 1.17. The summed E-state index contributed by atoms with van der Waals surface area (Å²) >= 11 is 0. The van der Waals surface area contributed by atoms with Gasteiger partial charge in [0, 0.05) is 19.7 Å². The number of nitrogens with zero attached hydrogens (tertiary/aromatic N) is 1. The van der Waals surface area contributed by atoms with Gasteiger partial charge in [0.15, 0.2) is 6.61 Å². The standard InChI is InChI=1S/C15H20N2O2/c1-12-14(5-7-18-12)11-17-10-13-3-2-4-15(9-13)19-8-6-16/h2-4,9,12,14,17H,5,7-8,10-11H2,1H3. The first-order chi connectivity index (χ1) is 9.29. The third-order valence-electron chi connectivity index (χ3n) is 3.47. The molecule has 2 atom stereocenters. The molecular formula is C15H20N2O2. The molecule has 0 aliphatic carbocycles. The van der Waals surface area contributed by atoms with Crippen molar-refractivity contribution in [3.05, 3.63) is 29.8 Å². The van der Waals surface area contributed by atoms with E-state index in [-0.39, 0.29) is 6.61 Å². The van der Waals surface area contributed by atoms with Crippen LogP contribution in [0.3, 0.4) is 0 Å². The van der Waals surface area contributed by atoms with Crippen molar-refractivity contribution in [2.45, 2.75) is 26.0 Å². The predicted octanol–water partition coefficient (Wildman–Crippen LogP) is 2.10. The van der Waals surface area contributed by atoms with Crippen LogP contribution in [-0.2, 0) is 11.3 Å². The summed E-state index contributed by atoms with van der Waals surface area (Å²) in [6.45, 7) is 4.89. The quantitative estimate of drug-likeness (QED) is 0.851. The van der Waals surface area contributed by atoms with Crippen molar-refractivity contribution >= 4 is 0 Å². The highest BCUT2D eigenvalue weighted by Crippen LogP contribution is 2.19. The van der Waals surface area contributed by atoms with Gasteiger partial charge in [-0.05, 0) is 37.0 Å². The largest absolute Gasteiger partial charge is 0.479 e. The van der Waals surface area contributed by atoms with E-state index < -0.39 is 0 Å². The summed E-state index contributed by atoms with van der Waals surface area (Å²) in [5, 5.41) is 11.9. The zero-order valence-corrected chi connectivity index (χ0v) is 11.3. The lowest BCUT2D eigenvalue weighted by molar-refractivity contribution is 0.105. The van der Waals surface area contributed by atoms with E-state index in [1.807, 2.05) is 24.3 Å². The number of hydrogen-bond donors (Lipinski definition) is 1. The fraction of sp³-hybridized carbons (Fsp3) is 0.533. The van der Waals surface area contributed by atoms with Gasteiger partial charge in [0.25, 0.3) is 0 Å². The minimum absolute atomic E-state index is 0.0911. The van der Waals surface area contributed by atoms with E-state index in [0.29, 0.717) is 12.0 Å². The van der Waals surface area contributed by atoms with Crippen LogP contribution in [0.25, 0.3) is 0 Å². The number of hydrogen-bond acceptors (Lipinski definition) is 4. The molecular weight excluding hydrogens is 240 g/mol. The maximum atomic E-state index is 8.49. The Balaban J connectivity index is 1.77. The number of benzene rings is 1. The molecule has 102 valence electrons. The monoisotopic (exact) mass is 260 g/mol. The molecule has 0 aromatic heterocycles. The lowest BCUT2D eigenvalue weighted by atomic mass is 10.0. The first-order valence-electron chi connectivity index (χ1n) is 6.70. The Hall–Kier alpha value is -1.57. The van der Waals surface area contributed by atoms with Crippen LogP contribution in [0, 0.1) is 17.2 Å². The van der Waals surface area contributed by atoms with E-state index in [1.165, 1.54) is 5.56 Å². The van der Waals surface area contributed by atoms with Gasteiger partial charge >= 0.3 is 0 Å². The van der Waals surface area contributed by atoms with Gasteiger partial charge in [0.2, 0.25) is 0 Å². The van der Waals surface area contributed by atoms with Gasteiger partial charge in [0.1, 0.15) is 11.8 Å². The molecule has 1 fully saturated rings. The van der Waals surface area contributed by atoms with Gasteiger partial charge in [-0.25, -0.2) is 0 Å². The van der Waals surface area contributed by atoms with E-state index in [9.17, 15) is 0 Å². The van der Waals surface area contributed by atoms with Crippen LogP contribution >= 0.6 is 0 Å². The topological polar surface area (TPSA) is 54.3 Å². The van der Waals surface area contributed by atoms with Crippen molar-refractivity contribution < 1.29 is 9.47 Å². The van der Waals surface area contributed by atoms with Crippen LogP contribution in [-0.4, -0.2) is 25.9 Å². The van der Waals surface area contributed by atoms with E-state index in [2.05, 4.69) is 18.3 Å². The first-order valence-corrected chi connectivity index (χ1v) is 6.70. The second-order valence-electron chi connectivity index (χ2n) is 4.85. The maximum Gasteiger partial charge on any atom is 0.174 e. The van der Waals surface area contributed by atoms with Crippen LogP contribution in [0.2, 0.25) is 0 Å². The van der Waals surface area contributed by atoms with Crippen molar-refractivity contribution in [3.8, 4) is 11.8 Å². The van der Waals surface area contributed by atoms with Gasteiger partial charge in [-0.15, -0.1) is 0 Å². The van der Waals surface area contributed by atoms with E-state index in [0.717, 1.165) is 31.9 Å². The molecule has 1 saturated heterocycles. The molecule has 0 bridgehead atoms. The Labute approximate surface area is 114 Å². The molecule has 0 saturated carbocycles. The van der Waals surface area contributed by atoms with Crippen LogP contribution in [0.4, 0.5) is 0 Å². The number of ether oxygens (including phenoxy) is 2. The lowest BCUT2D eigenvalue weighted by Gasteiger charge is -2.15. The van der Waals surface area contributed by atoms with Crippen molar-refractivity contribution in [3.63, 3.8) is 0 Å². The minimum atomic E-state index is 0.0911. The van der Waals surface area contributed by atoms with Gasteiger partial charge in [-0.2, -0.15) is 5.26 Å². The molecule has 1 aliphatic heterocycles. The summed E-state index contributed by atoms with van der Waals surface area (Å²) in [7, 11) is 0. The molecule has 1 aromatic carbocycles. The summed E-state index contributed by atoms with van der Waals surface area (Å²) in [5.74, 6) is 1.36. The molecule has 1 heterocycles. The zero-order chi connectivity index (χ0) is 13.5. The predicted molar refractivity (Wildman–Crippen MR) is 72.8 cm³/mol. The van der Waals surface area contributed by atoms with Gasteiger partial charge in [-0.1, -0.05) is 12.1 Å². The maximum absolute atomic E-state index is 8.49. The fourth-order valence-electron chi connectivity index (χ4n) is 2.31. The number of rotatable bonds is 6. The molecule has 2 rings (SSSR count). The average Bonchev–Trinajstić information content (AvgIpc) is 2.83. The Bertz CT molecular complexity index is 442. The summed E-state index contributed by atoms with van der Waals surface area (Å²) in [4.78, 5) is 0. The highest BCUT2D eigenvalue weighted by molar-refractivity contribution is 5.28. The normalized spacial score (nSPS) is 22.1. The molecule has 4 heteroatoms. The zero-order valence-electron chi connectivity index (χ0n) is 11.3. The molecule has 0 amide bonds. The van der Waals surface area contributed by atoms with Crippen molar-refractivity contribution in [1.29, 1.82) is 5.26 Å². The second kappa shape index (κ2) is 7.13. The fourth-order valence-corrected chi connectivity index (χ4v) is 2.31. The average molecular weight is 260 g/mol. The molecule has 2 unspecified atom stereocenters. The summed E-state index contributed by atoms with van der Waals surface area (Å²) in [6.07, 6.45) is 1.50. The molecule has 4 nitrogen and oxygen atoms in total. The summed E-state index contributed by atoms with van der Waals surface area (Å²) in [6, 6.07) is 9.81. The van der Waals surface area contributed by atoms with Gasteiger partial charge < -0.3 is 14.8 Å². The molecule has 1 aromatic rings. The smallest absolute Gasteiger partial charge is 0.174 e. The Morgan fingerprint density at radius 2 is 2.42 bits per heavy atom. The van der Waals surface area contributed by atoms with E-state index in [4.69, 9.17) is 14.7 Å². The Morgan fingerprint density at radius 1 is 1.53 bits per heavy atom. The Kier molecular flexibility index (Phi) is 5.20. The molecule has 0 radical (unpaired) electrons. The van der Waals surface area contributed by atoms with Gasteiger partial charge in [-0.3, -0.25) is 0 Å². The number of nitriles is 1. The van der Waals surface area contributed by atoms with Crippen LogP contribution in [0.15, 0.2) is 24.3 Å². The lowest BCUT2D eigenvalue weighted by Crippen LogP contribution is -2.26. The van der Waals surface area contributed by atoms with Crippen LogP contribution < -0.4 is 10.1 Å². The first kappa shape index (κ1) is 13.9. The summed E-state index contributed by atoms with van der Waals surface area (Å²) < 4.78 is 10.8.